The predicted octanol–water partition coefficient (Wildman–Crippen LogP) is 2.91. The van der Waals surface area contributed by atoms with E-state index in [1.165, 1.54) is 18.2 Å². The molecule has 0 unspecified atom stereocenters. The van der Waals surface area contributed by atoms with E-state index >= 15 is 0 Å². The topological polar surface area (TPSA) is 79.1 Å². The molecular weight excluding hydrogens is 282 g/mol. The Labute approximate surface area is 127 Å². The number of hydrogen-bond donors (Lipinski definition) is 2. The maximum Gasteiger partial charge on any atom is 0.358 e. The average molecular weight is 297 g/mol. The molecular formula is C17H15NO4. The maximum absolute atomic E-state index is 11.2. The summed E-state index contributed by atoms with van der Waals surface area (Å²) in [5.41, 5.74) is 1.03. The van der Waals surface area contributed by atoms with Crippen molar-refractivity contribution in [2.75, 3.05) is 6.61 Å². The van der Waals surface area contributed by atoms with Crippen molar-refractivity contribution in [3.05, 3.63) is 71.8 Å². The summed E-state index contributed by atoms with van der Waals surface area (Å²) in [5.74, 6) is -1.26. The van der Waals surface area contributed by atoms with Gasteiger partial charge in [0.2, 0.25) is 0 Å². The lowest BCUT2D eigenvalue weighted by molar-refractivity contribution is -0.129. The van der Waals surface area contributed by atoms with Crippen LogP contribution in [0.3, 0.4) is 0 Å². The molecule has 0 aromatic heterocycles. The Balaban J connectivity index is 2.00. The third kappa shape index (κ3) is 4.49. The molecule has 0 aliphatic rings. The second-order valence-corrected chi connectivity index (χ2v) is 4.40. The number of aliphatic carboxylic acids is 1. The van der Waals surface area contributed by atoms with Gasteiger partial charge in [-0.1, -0.05) is 53.7 Å². The van der Waals surface area contributed by atoms with Crippen LogP contribution in [0.15, 0.2) is 65.8 Å². The van der Waals surface area contributed by atoms with Gasteiger partial charge in [-0.15, -0.1) is 0 Å². The number of carbonyl (C=O) groups is 1. The zero-order valence-corrected chi connectivity index (χ0v) is 11.7. The smallest absolute Gasteiger partial charge is 0.358 e. The van der Waals surface area contributed by atoms with E-state index < -0.39 is 5.97 Å². The fraction of sp³-hybridized carbons (Fsp3) is 0.0588. The third-order valence-electron chi connectivity index (χ3n) is 2.76. The second-order valence-electron chi connectivity index (χ2n) is 4.40. The lowest BCUT2D eigenvalue weighted by Gasteiger charge is -2.02. The highest BCUT2D eigenvalue weighted by atomic mass is 16.6. The summed E-state index contributed by atoms with van der Waals surface area (Å²) in [5, 5.41) is 22.1. The molecule has 0 fully saturated rings. The Morgan fingerprint density at radius 3 is 2.59 bits per heavy atom. The first-order chi connectivity index (χ1) is 10.7. The van der Waals surface area contributed by atoms with Gasteiger partial charge in [-0.2, -0.15) is 0 Å². The molecule has 0 atom stereocenters. The van der Waals surface area contributed by atoms with Crippen LogP contribution < -0.4 is 0 Å². The number of phenols is 1. The maximum atomic E-state index is 11.2. The minimum atomic E-state index is -1.22. The van der Waals surface area contributed by atoms with Gasteiger partial charge in [-0.25, -0.2) is 4.79 Å². The van der Waals surface area contributed by atoms with Crippen molar-refractivity contribution in [3.63, 3.8) is 0 Å². The summed E-state index contributed by atoms with van der Waals surface area (Å²) in [6.07, 6.45) is 3.59. The highest BCUT2D eigenvalue weighted by Crippen LogP contribution is 2.12. The van der Waals surface area contributed by atoms with Crippen molar-refractivity contribution < 1.29 is 19.8 Å². The molecule has 112 valence electrons. The van der Waals surface area contributed by atoms with Gasteiger partial charge in [0.25, 0.3) is 0 Å². The van der Waals surface area contributed by atoms with Gasteiger partial charge in [0.05, 0.1) is 0 Å². The normalized spacial score (nSPS) is 11.5. The van der Waals surface area contributed by atoms with Gasteiger partial charge in [0.15, 0.2) is 5.71 Å². The fourth-order valence-electron chi connectivity index (χ4n) is 1.76. The molecule has 0 bridgehead atoms. The van der Waals surface area contributed by atoms with Crippen molar-refractivity contribution in [1.82, 2.24) is 0 Å². The van der Waals surface area contributed by atoms with E-state index in [0.29, 0.717) is 0 Å². The van der Waals surface area contributed by atoms with Gasteiger partial charge in [-0.3, -0.25) is 0 Å². The van der Waals surface area contributed by atoms with E-state index in [2.05, 4.69) is 5.16 Å². The van der Waals surface area contributed by atoms with Crippen LogP contribution in [0, 0.1) is 0 Å². The Hall–Kier alpha value is -3.08. The molecule has 2 aromatic rings. The molecule has 5 nitrogen and oxygen atoms in total. The van der Waals surface area contributed by atoms with Crippen molar-refractivity contribution in [1.29, 1.82) is 0 Å². The van der Waals surface area contributed by atoms with E-state index in [4.69, 9.17) is 9.94 Å². The molecule has 0 radical (unpaired) electrons. The SMILES string of the molecule is O=C(O)C(=NOCC=Cc1ccccc1)c1cccc(O)c1. The van der Waals surface area contributed by atoms with Crippen LogP contribution >= 0.6 is 0 Å². The summed E-state index contributed by atoms with van der Waals surface area (Å²) in [7, 11) is 0. The summed E-state index contributed by atoms with van der Waals surface area (Å²) >= 11 is 0. The number of rotatable bonds is 6. The van der Waals surface area contributed by atoms with Crippen LogP contribution in [0.5, 0.6) is 5.75 Å². The van der Waals surface area contributed by atoms with Crippen LogP contribution in [0.4, 0.5) is 0 Å². The first kappa shape index (κ1) is 15.3. The molecule has 2 rings (SSSR count). The number of phenolic OH excluding ortho intramolecular Hbond substituents is 1. The third-order valence-corrected chi connectivity index (χ3v) is 2.76. The van der Waals surface area contributed by atoms with Crippen molar-refractivity contribution >= 4 is 17.8 Å². The highest BCUT2D eigenvalue weighted by Gasteiger charge is 2.13. The molecule has 2 aromatic carbocycles. The molecule has 0 saturated heterocycles. The molecule has 0 amide bonds. The van der Waals surface area contributed by atoms with E-state index in [1.54, 1.807) is 12.1 Å². The Kier molecular flexibility index (Phi) is 5.31. The first-order valence-corrected chi connectivity index (χ1v) is 6.61. The summed E-state index contributed by atoms with van der Waals surface area (Å²) in [6.45, 7) is 0.143. The van der Waals surface area contributed by atoms with Crippen LogP contribution in [0.2, 0.25) is 0 Å². The summed E-state index contributed by atoms with van der Waals surface area (Å²) in [6, 6.07) is 15.5. The lowest BCUT2D eigenvalue weighted by Crippen LogP contribution is -2.15. The number of benzene rings is 2. The van der Waals surface area contributed by atoms with Crippen molar-refractivity contribution in [2.24, 2.45) is 5.16 Å². The molecule has 0 saturated carbocycles. The number of oxime groups is 1. The van der Waals surface area contributed by atoms with Gasteiger partial charge in [0, 0.05) is 5.56 Å². The van der Waals surface area contributed by atoms with E-state index in [9.17, 15) is 9.90 Å². The molecule has 0 heterocycles. The predicted molar refractivity (Wildman–Crippen MR) is 83.7 cm³/mol. The van der Waals surface area contributed by atoms with Crippen LogP contribution in [-0.2, 0) is 9.63 Å². The van der Waals surface area contributed by atoms with Gasteiger partial charge in [0.1, 0.15) is 12.4 Å². The van der Waals surface area contributed by atoms with Gasteiger partial charge < -0.3 is 15.1 Å². The standard InChI is InChI=1S/C17H15NO4/c19-15-10-4-9-14(12-15)16(17(20)21)18-22-11-5-8-13-6-2-1-3-7-13/h1-10,12,19H,11H2,(H,20,21). The number of aromatic hydroxyl groups is 1. The van der Waals surface area contributed by atoms with Crippen molar-refractivity contribution in [3.8, 4) is 5.75 Å². The van der Waals surface area contributed by atoms with Gasteiger partial charge in [-0.05, 0) is 23.8 Å². The monoisotopic (exact) mass is 297 g/mol. The zero-order valence-electron chi connectivity index (χ0n) is 11.7. The largest absolute Gasteiger partial charge is 0.508 e. The van der Waals surface area contributed by atoms with Crippen molar-refractivity contribution in [2.45, 2.75) is 0 Å². The molecule has 0 aliphatic heterocycles. The fourth-order valence-corrected chi connectivity index (χ4v) is 1.76. The first-order valence-electron chi connectivity index (χ1n) is 6.61. The molecule has 2 N–H and O–H groups in total. The number of carboxylic acid groups (broad SMARTS) is 1. The summed E-state index contributed by atoms with van der Waals surface area (Å²) < 4.78 is 0. The minimum Gasteiger partial charge on any atom is -0.508 e. The Bertz CT molecular complexity index is 693. The van der Waals surface area contributed by atoms with E-state index in [0.717, 1.165) is 5.56 Å². The van der Waals surface area contributed by atoms with Crippen LogP contribution in [-0.4, -0.2) is 28.5 Å². The molecule has 22 heavy (non-hydrogen) atoms. The number of hydrogen-bond acceptors (Lipinski definition) is 4. The highest BCUT2D eigenvalue weighted by molar-refractivity contribution is 6.42. The summed E-state index contributed by atoms with van der Waals surface area (Å²) in [4.78, 5) is 16.2. The molecule has 5 heteroatoms. The van der Waals surface area contributed by atoms with E-state index in [-0.39, 0.29) is 23.6 Å². The van der Waals surface area contributed by atoms with Crippen LogP contribution in [0.1, 0.15) is 11.1 Å². The molecule has 0 aliphatic carbocycles. The van der Waals surface area contributed by atoms with Gasteiger partial charge >= 0.3 is 5.97 Å². The quantitative estimate of drug-likeness (QED) is 0.488. The zero-order chi connectivity index (χ0) is 15.8. The van der Waals surface area contributed by atoms with E-state index in [1.807, 2.05) is 36.4 Å². The van der Waals surface area contributed by atoms with Crippen LogP contribution in [0.25, 0.3) is 6.08 Å². The Morgan fingerprint density at radius 2 is 1.91 bits per heavy atom. The lowest BCUT2D eigenvalue weighted by atomic mass is 10.1. The molecule has 0 spiro atoms. The minimum absolute atomic E-state index is 0.0320. The number of nitrogens with zero attached hydrogens (tertiary/aromatic N) is 1. The number of carboxylic acids is 1. The second kappa shape index (κ2) is 7.64. The Morgan fingerprint density at radius 1 is 1.14 bits per heavy atom. The average Bonchev–Trinajstić information content (AvgIpc) is 2.51.